The van der Waals surface area contributed by atoms with Crippen LogP contribution in [0.4, 0.5) is 0 Å². The molecular weight excluding hydrogens is 298 g/mol. The Morgan fingerprint density at radius 2 is 2.00 bits per heavy atom. The Morgan fingerprint density at radius 3 is 2.77 bits per heavy atom. The van der Waals surface area contributed by atoms with E-state index in [4.69, 9.17) is 16.3 Å². The van der Waals surface area contributed by atoms with Crippen LogP contribution in [0.5, 0.6) is 5.75 Å². The van der Waals surface area contributed by atoms with Gasteiger partial charge in [0.15, 0.2) is 0 Å². The van der Waals surface area contributed by atoms with Gasteiger partial charge in [0.1, 0.15) is 12.4 Å². The second-order valence-corrected chi connectivity index (χ2v) is 6.06. The van der Waals surface area contributed by atoms with Crippen LogP contribution in [0.15, 0.2) is 48.5 Å². The Kier molecular flexibility index (Phi) is 4.98. The number of ether oxygens (including phenoxy) is 1. The molecule has 3 nitrogen and oxygen atoms in total. The van der Waals surface area contributed by atoms with Crippen LogP contribution in [0.2, 0.25) is 5.02 Å². The molecule has 1 aliphatic rings. The number of nitrogens with one attached hydrogen (secondary N) is 1. The third-order valence-electron chi connectivity index (χ3n) is 4.06. The highest BCUT2D eigenvalue weighted by atomic mass is 35.5. The zero-order valence-electron chi connectivity index (χ0n) is 12.3. The molecule has 0 aromatic heterocycles. The van der Waals surface area contributed by atoms with Crippen LogP contribution in [0, 0.1) is 0 Å². The minimum atomic E-state index is -0.394. The maximum atomic E-state index is 10.3. The van der Waals surface area contributed by atoms with E-state index in [2.05, 4.69) is 5.32 Å². The zero-order chi connectivity index (χ0) is 15.4. The van der Waals surface area contributed by atoms with Crippen LogP contribution in [0.25, 0.3) is 0 Å². The molecule has 1 aliphatic heterocycles. The van der Waals surface area contributed by atoms with E-state index in [0.29, 0.717) is 18.2 Å². The molecule has 2 aromatic carbocycles. The lowest BCUT2D eigenvalue weighted by molar-refractivity contribution is 0.116. The molecule has 2 unspecified atom stereocenters. The van der Waals surface area contributed by atoms with E-state index in [9.17, 15) is 5.11 Å². The molecule has 0 bridgehead atoms. The number of halogens is 1. The van der Waals surface area contributed by atoms with Gasteiger partial charge in [-0.2, -0.15) is 0 Å². The average Bonchev–Trinajstić information content (AvgIpc) is 2.55. The van der Waals surface area contributed by atoms with Crippen molar-refractivity contribution in [2.24, 2.45) is 0 Å². The summed E-state index contributed by atoms with van der Waals surface area (Å²) in [6.07, 6.45) is 0.499. The monoisotopic (exact) mass is 317 g/mol. The Morgan fingerprint density at radius 1 is 1.18 bits per heavy atom. The summed E-state index contributed by atoms with van der Waals surface area (Å²) in [5, 5.41) is 14.1. The SMILES string of the molecule is OC1CNCCC1c1ccc(Cl)cc1OCc1ccccc1. The first-order valence-corrected chi connectivity index (χ1v) is 7.97. The number of aliphatic hydroxyl groups is 1. The Labute approximate surface area is 135 Å². The van der Waals surface area contributed by atoms with Gasteiger partial charge in [-0.1, -0.05) is 48.0 Å². The summed E-state index contributed by atoms with van der Waals surface area (Å²) in [6.45, 7) is 2.02. The molecule has 0 aliphatic carbocycles. The first-order valence-electron chi connectivity index (χ1n) is 7.59. The van der Waals surface area contributed by atoms with E-state index in [-0.39, 0.29) is 5.92 Å². The molecular formula is C18H20ClNO2. The summed E-state index contributed by atoms with van der Waals surface area (Å²) >= 11 is 6.12. The number of β-amino-alcohol motifs (C(OH)–C–C–N with tert-alkyl or cyclic N) is 1. The quantitative estimate of drug-likeness (QED) is 0.908. The summed E-state index contributed by atoms with van der Waals surface area (Å²) in [5.41, 5.74) is 2.15. The molecule has 1 saturated heterocycles. The lowest BCUT2D eigenvalue weighted by Crippen LogP contribution is -2.39. The van der Waals surface area contributed by atoms with Gasteiger partial charge < -0.3 is 15.2 Å². The molecule has 2 atom stereocenters. The predicted molar refractivity (Wildman–Crippen MR) is 88.5 cm³/mol. The van der Waals surface area contributed by atoms with Crippen molar-refractivity contribution in [2.75, 3.05) is 13.1 Å². The van der Waals surface area contributed by atoms with E-state index in [1.54, 1.807) is 0 Å². The molecule has 1 fully saturated rings. The van der Waals surface area contributed by atoms with E-state index in [1.807, 2.05) is 48.5 Å². The summed E-state index contributed by atoms with van der Waals surface area (Å²) in [4.78, 5) is 0. The van der Waals surface area contributed by atoms with Gasteiger partial charge in [0.05, 0.1) is 6.10 Å². The van der Waals surface area contributed by atoms with Crippen molar-refractivity contribution in [1.82, 2.24) is 5.32 Å². The first kappa shape index (κ1) is 15.3. The van der Waals surface area contributed by atoms with Crippen molar-refractivity contribution in [3.8, 4) is 5.75 Å². The Balaban J connectivity index is 1.81. The van der Waals surface area contributed by atoms with E-state index < -0.39 is 6.10 Å². The molecule has 116 valence electrons. The highest BCUT2D eigenvalue weighted by molar-refractivity contribution is 6.30. The smallest absolute Gasteiger partial charge is 0.124 e. The fraction of sp³-hybridized carbons (Fsp3) is 0.333. The van der Waals surface area contributed by atoms with Gasteiger partial charge in [-0.15, -0.1) is 0 Å². The van der Waals surface area contributed by atoms with Gasteiger partial charge >= 0.3 is 0 Å². The lowest BCUT2D eigenvalue weighted by atomic mass is 9.87. The van der Waals surface area contributed by atoms with Crippen molar-refractivity contribution in [1.29, 1.82) is 0 Å². The number of piperidine rings is 1. The highest BCUT2D eigenvalue weighted by Crippen LogP contribution is 2.35. The minimum Gasteiger partial charge on any atom is -0.489 e. The summed E-state index contributed by atoms with van der Waals surface area (Å²) in [7, 11) is 0. The standard InChI is InChI=1S/C18H20ClNO2/c19-14-6-7-16(15-8-9-20-11-17(15)21)18(10-14)22-12-13-4-2-1-3-5-13/h1-7,10,15,17,20-21H,8-9,11-12H2. The summed E-state index contributed by atoms with van der Waals surface area (Å²) in [5.74, 6) is 0.853. The lowest BCUT2D eigenvalue weighted by Gasteiger charge is -2.30. The van der Waals surface area contributed by atoms with Gasteiger partial charge in [0.2, 0.25) is 0 Å². The van der Waals surface area contributed by atoms with Crippen molar-refractivity contribution < 1.29 is 9.84 Å². The normalized spacial score (nSPS) is 21.5. The largest absolute Gasteiger partial charge is 0.489 e. The van der Waals surface area contributed by atoms with E-state index in [1.165, 1.54) is 0 Å². The van der Waals surface area contributed by atoms with E-state index >= 15 is 0 Å². The third-order valence-corrected chi connectivity index (χ3v) is 4.30. The van der Waals surface area contributed by atoms with Crippen molar-refractivity contribution in [2.45, 2.75) is 25.0 Å². The van der Waals surface area contributed by atoms with Crippen LogP contribution in [0.3, 0.4) is 0 Å². The van der Waals surface area contributed by atoms with E-state index in [0.717, 1.165) is 29.8 Å². The van der Waals surface area contributed by atoms with Gasteiger partial charge in [-0.25, -0.2) is 0 Å². The fourth-order valence-corrected chi connectivity index (χ4v) is 3.04. The summed E-state index contributed by atoms with van der Waals surface area (Å²) < 4.78 is 5.99. The molecule has 0 radical (unpaired) electrons. The second-order valence-electron chi connectivity index (χ2n) is 5.62. The average molecular weight is 318 g/mol. The molecule has 2 N–H and O–H groups in total. The van der Waals surface area contributed by atoms with Crippen LogP contribution in [0.1, 0.15) is 23.5 Å². The molecule has 22 heavy (non-hydrogen) atoms. The van der Waals surface area contributed by atoms with Gasteiger partial charge in [0, 0.05) is 23.0 Å². The second kappa shape index (κ2) is 7.14. The fourth-order valence-electron chi connectivity index (χ4n) is 2.88. The van der Waals surface area contributed by atoms with Crippen LogP contribution in [-0.4, -0.2) is 24.3 Å². The third kappa shape index (κ3) is 3.61. The van der Waals surface area contributed by atoms with Gasteiger partial charge in [-0.3, -0.25) is 0 Å². The topological polar surface area (TPSA) is 41.5 Å². The predicted octanol–water partition coefficient (Wildman–Crippen LogP) is 3.36. The maximum Gasteiger partial charge on any atom is 0.124 e. The minimum absolute atomic E-state index is 0.0873. The molecule has 3 rings (SSSR count). The van der Waals surface area contributed by atoms with Gasteiger partial charge in [-0.05, 0) is 30.7 Å². The summed E-state index contributed by atoms with van der Waals surface area (Å²) in [6, 6.07) is 15.7. The highest BCUT2D eigenvalue weighted by Gasteiger charge is 2.27. The van der Waals surface area contributed by atoms with Crippen LogP contribution in [-0.2, 0) is 6.61 Å². The van der Waals surface area contributed by atoms with Gasteiger partial charge in [0.25, 0.3) is 0 Å². The van der Waals surface area contributed by atoms with Crippen molar-refractivity contribution in [3.05, 3.63) is 64.7 Å². The van der Waals surface area contributed by atoms with Crippen molar-refractivity contribution >= 4 is 11.6 Å². The maximum absolute atomic E-state index is 10.3. The molecule has 0 spiro atoms. The van der Waals surface area contributed by atoms with Crippen LogP contribution >= 0.6 is 11.6 Å². The molecule has 2 aromatic rings. The number of aliphatic hydroxyl groups excluding tert-OH is 1. The van der Waals surface area contributed by atoms with Crippen LogP contribution < -0.4 is 10.1 Å². The molecule has 1 heterocycles. The molecule has 0 saturated carbocycles. The molecule has 0 amide bonds. The first-order chi connectivity index (χ1) is 10.7. The Hall–Kier alpha value is -1.55. The number of hydrogen-bond acceptors (Lipinski definition) is 3. The number of hydrogen-bond donors (Lipinski definition) is 2. The molecule has 4 heteroatoms. The van der Waals surface area contributed by atoms with Crippen molar-refractivity contribution in [3.63, 3.8) is 0 Å². The Bertz CT molecular complexity index is 618. The number of benzene rings is 2. The zero-order valence-corrected chi connectivity index (χ0v) is 13.1. The number of rotatable bonds is 4.